The van der Waals surface area contributed by atoms with Gasteiger partial charge in [0.2, 0.25) is 82.7 Å². The molecule has 112 heavy (non-hydrogen) atoms. The number of benzene rings is 4. The Balaban J connectivity index is 1.15. The summed E-state index contributed by atoms with van der Waals surface area (Å²) in [5.74, 6) is -14.1. The number of amides is 14. The maximum atomic E-state index is 15.1. The third-order valence-corrected chi connectivity index (χ3v) is 19.6. The Morgan fingerprint density at radius 2 is 1.05 bits per heavy atom. The Bertz CT molecular complexity index is 4410. The third-order valence-electron chi connectivity index (χ3n) is 18.6. The number of imidazole rings is 3. The fourth-order valence-corrected chi connectivity index (χ4v) is 13.2. The van der Waals surface area contributed by atoms with E-state index in [0.29, 0.717) is 22.4 Å². The van der Waals surface area contributed by atoms with Crippen LogP contribution in [0.5, 0.6) is 0 Å². The molecule has 36 heteroatoms. The molecular formula is C76H96N20O15S. The highest BCUT2D eigenvalue weighted by atomic mass is 32.2. The number of carbonyl (C=O) groups is 14. The molecule has 1 saturated heterocycles. The van der Waals surface area contributed by atoms with Crippen molar-refractivity contribution in [2.75, 3.05) is 38.2 Å². The fraction of sp³-hybridized carbons (Fsp3) is 0.408. The summed E-state index contributed by atoms with van der Waals surface area (Å²) < 4.78 is 1.57. The average molecular weight is 1560 g/mol. The Kier molecular flexibility index (Phi) is 32.0. The molecular weight excluding hydrogens is 1470 g/mol. The molecule has 7 aromatic rings. The van der Waals surface area contributed by atoms with E-state index in [4.69, 9.17) is 5.73 Å². The minimum atomic E-state index is -1.74. The highest BCUT2D eigenvalue weighted by Gasteiger charge is 2.39. The fourth-order valence-electron chi connectivity index (χ4n) is 12.3. The maximum absolute atomic E-state index is 15.1. The van der Waals surface area contributed by atoms with Crippen molar-refractivity contribution in [3.8, 4) is 0 Å². The molecule has 1 aliphatic rings. The van der Waals surface area contributed by atoms with Crippen molar-refractivity contribution in [2.24, 2.45) is 18.7 Å². The van der Waals surface area contributed by atoms with Gasteiger partial charge in [-0.25, -0.2) is 15.0 Å². The smallest absolute Gasteiger partial charge is 0.245 e. The van der Waals surface area contributed by atoms with Crippen molar-refractivity contribution in [3.05, 3.63) is 174 Å². The highest BCUT2D eigenvalue weighted by Crippen LogP contribution is 2.22. The predicted molar refractivity (Wildman–Crippen MR) is 410 cm³/mol. The standard InChI is InChI=1S/C76H96N20O15S/c1-7-52-68(103)90-58(31-50-34-80-42-95(50)5)71(106)93-60(67(102)81-35-62(77)98)38-112-39-64(100)85-54(26-44-18-11-9-12-19-44)72(107)94-65(43(3)4)75(110)92-55(28-47-24-17-23-46-22-15-16-25-51(46)47)69(104)89-56(29-48-32-78-40-83-48)66(101)82-36-63(99)86-59(37-97)73(108)88-53(8-2)76(111)96(6)61(27-45-20-13-10-14-21-45)74(109)91-57(70(105)87-52)30-49-33-79-41-84-49/h9-25,32-34,40-43,52-61,65,97H,7-8,26-31,35-39H2,1-6H3,(H2,77,98)(H,78,83)(H,79,84)(H,81,102)(H,82,101)(H,85,100)(H,86,99)(H,87,105)(H,88,108)(H,89,104)(H,90,103)(H,91,109)(H,92,110)(H,93,106)(H,94,107)/t52-,53-,54-,55-,56-,57-,58-,59-,60-,61-,65-/m0/s1. The number of carbonyl (C=O) groups excluding carboxylic acids is 14. The lowest BCUT2D eigenvalue weighted by molar-refractivity contribution is -0.143. The number of nitrogens with one attached hydrogen (secondary N) is 14. The zero-order valence-electron chi connectivity index (χ0n) is 62.8. The first-order chi connectivity index (χ1) is 53.7. The minimum Gasteiger partial charge on any atom is -0.394 e. The van der Waals surface area contributed by atoms with Crippen molar-refractivity contribution >= 4 is 105 Å². The van der Waals surface area contributed by atoms with Gasteiger partial charge in [-0.2, -0.15) is 0 Å². The van der Waals surface area contributed by atoms with Gasteiger partial charge < -0.3 is 94.1 Å². The second-order valence-electron chi connectivity index (χ2n) is 27.2. The summed E-state index contributed by atoms with van der Waals surface area (Å²) >= 11 is 0.834. The number of hydrogen-bond acceptors (Lipinski definition) is 19. The number of aliphatic hydroxyl groups excluding tert-OH is 1. The van der Waals surface area contributed by atoms with Gasteiger partial charge in [0.1, 0.15) is 66.5 Å². The first-order valence-corrected chi connectivity index (χ1v) is 37.6. The van der Waals surface area contributed by atoms with Crippen LogP contribution in [-0.4, -0.2) is 227 Å². The van der Waals surface area contributed by atoms with Crippen molar-refractivity contribution in [2.45, 2.75) is 146 Å². The maximum Gasteiger partial charge on any atom is 0.245 e. The molecule has 4 aromatic carbocycles. The van der Waals surface area contributed by atoms with Crippen LogP contribution >= 0.6 is 11.8 Å². The van der Waals surface area contributed by atoms with Gasteiger partial charge in [-0.15, -0.1) is 11.8 Å². The van der Waals surface area contributed by atoms with E-state index < -0.39 is 181 Å². The number of primary amides is 1. The van der Waals surface area contributed by atoms with Gasteiger partial charge in [0.15, 0.2) is 0 Å². The molecule has 596 valence electrons. The molecule has 17 N–H and O–H groups in total. The normalized spacial score (nSPS) is 22.8. The first-order valence-electron chi connectivity index (χ1n) is 36.5. The molecule has 8 rings (SSSR count). The molecule has 11 atom stereocenters. The predicted octanol–water partition coefficient (Wildman–Crippen LogP) is -2.62. The van der Waals surface area contributed by atoms with E-state index in [0.717, 1.165) is 27.4 Å². The van der Waals surface area contributed by atoms with Gasteiger partial charge in [-0.1, -0.05) is 131 Å². The van der Waals surface area contributed by atoms with Gasteiger partial charge in [-0.05, 0) is 46.2 Å². The Labute approximate surface area is 649 Å². The van der Waals surface area contributed by atoms with Crippen LogP contribution in [-0.2, 0) is 113 Å². The first kappa shape index (κ1) is 85.3. The third kappa shape index (κ3) is 25.1. The lowest BCUT2D eigenvalue weighted by atomic mass is 9.96. The Morgan fingerprint density at radius 1 is 0.545 bits per heavy atom. The lowest BCUT2D eigenvalue weighted by Crippen LogP contribution is -2.61. The van der Waals surface area contributed by atoms with Crippen LogP contribution in [0.1, 0.15) is 74.3 Å². The molecule has 1 aliphatic heterocycles. The number of hydrogen-bond donors (Lipinski definition) is 16. The van der Waals surface area contributed by atoms with Crippen molar-refractivity contribution in [3.63, 3.8) is 0 Å². The number of H-pyrrole nitrogens is 2. The summed E-state index contributed by atoms with van der Waals surface area (Å²) in [5.41, 5.74) is 8.15. The molecule has 0 radical (unpaired) electrons. The van der Waals surface area contributed by atoms with Crippen LogP contribution in [0.4, 0.5) is 0 Å². The van der Waals surface area contributed by atoms with Crippen molar-refractivity contribution in [1.82, 2.24) is 98.2 Å². The van der Waals surface area contributed by atoms with Gasteiger partial charge in [-0.3, -0.25) is 67.1 Å². The Morgan fingerprint density at radius 3 is 1.64 bits per heavy atom. The van der Waals surface area contributed by atoms with Gasteiger partial charge >= 0.3 is 0 Å². The van der Waals surface area contributed by atoms with Crippen molar-refractivity contribution in [1.29, 1.82) is 0 Å². The molecule has 0 bridgehead atoms. The number of nitrogens with two attached hydrogens (primary N) is 1. The number of thioether (sulfide) groups is 1. The zero-order chi connectivity index (χ0) is 81.0. The van der Waals surface area contributed by atoms with Crippen LogP contribution in [0.3, 0.4) is 0 Å². The van der Waals surface area contributed by atoms with E-state index in [9.17, 15) is 67.4 Å². The topological polar surface area (TPSA) is 508 Å². The summed E-state index contributed by atoms with van der Waals surface area (Å²) in [6.07, 6.45) is 7.04. The second kappa shape index (κ2) is 42.0. The van der Waals surface area contributed by atoms with E-state index in [1.54, 1.807) is 118 Å². The SMILES string of the molecule is CC[C@@H]1NC(=O)[C@H](Cc2c[nH]cn2)NC(=O)[C@H](Cc2ccccc2)N(C)C(=O)[C@H](CC)NC(=O)[C@H](CO)NC(=O)CNC(=O)[C@H](Cc2c[nH]cn2)NC(=O)[C@H](Cc2cccc3ccccc23)NC(=O)[C@H](C(C)C)NC(=O)[C@H](Cc2ccccc2)NC(=O)CSC[C@@H](C(=O)NCC(N)=O)NC(=O)[C@H](Cc2cncn2C)NC1=O. The summed E-state index contributed by atoms with van der Waals surface area (Å²) in [7, 11) is 2.93. The molecule has 3 aromatic heterocycles. The largest absolute Gasteiger partial charge is 0.394 e. The van der Waals surface area contributed by atoms with Crippen LogP contribution in [0, 0.1) is 5.92 Å². The minimum absolute atomic E-state index is 0.0993. The van der Waals surface area contributed by atoms with E-state index in [1.807, 2.05) is 24.3 Å². The summed E-state index contributed by atoms with van der Waals surface area (Å²) in [5, 5.41) is 43.6. The summed E-state index contributed by atoms with van der Waals surface area (Å²) in [4.78, 5) is 221. The molecule has 4 heterocycles. The van der Waals surface area contributed by atoms with E-state index in [-0.39, 0.29) is 68.5 Å². The van der Waals surface area contributed by atoms with Gasteiger partial charge in [0.25, 0.3) is 0 Å². The molecule has 14 amide bonds. The zero-order valence-corrected chi connectivity index (χ0v) is 63.6. The Hall–Kier alpha value is -12.3. The lowest BCUT2D eigenvalue weighted by Gasteiger charge is -2.32. The van der Waals surface area contributed by atoms with Crippen LogP contribution < -0.4 is 69.5 Å². The van der Waals surface area contributed by atoms with Crippen LogP contribution in [0.2, 0.25) is 0 Å². The number of aliphatic hydroxyl groups is 1. The number of aromatic amines is 2. The number of fused-ring (bicyclic) bond motifs is 1. The number of nitrogens with zero attached hydrogens (tertiary/aromatic N) is 5. The highest BCUT2D eigenvalue weighted by molar-refractivity contribution is 8.00. The quantitative estimate of drug-likeness (QED) is 0.0394. The number of aryl methyl sites for hydroxylation is 1. The van der Waals surface area contributed by atoms with Crippen molar-refractivity contribution < 1.29 is 72.2 Å². The number of likely N-dealkylation sites (N-methyl/N-ethyl adjacent to an activating group) is 1. The molecule has 35 nitrogen and oxygen atoms in total. The van der Waals surface area contributed by atoms with E-state index in [2.05, 4.69) is 88.7 Å². The second-order valence-corrected chi connectivity index (χ2v) is 28.3. The summed E-state index contributed by atoms with van der Waals surface area (Å²) in [6.45, 7) is 3.88. The number of aromatic nitrogens is 6. The van der Waals surface area contributed by atoms with E-state index >= 15 is 4.79 Å². The molecule has 0 unspecified atom stereocenters. The molecule has 0 aliphatic carbocycles. The number of rotatable bonds is 19. The average Bonchev–Trinajstić information content (AvgIpc) is 0.881. The monoisotopic (exact) mass is 1560 g/mol. The molecule has 0 spiro atoms. The van der Waals surface area contributed by atoms with Gasteiger partial charge in [0, 0.05) is 82.7 Å². The van der Waals surface area contributed by atoms with E-state index in [1.165, 1.54) is 44.6 Å². The van der Waals surface area contributed by atoms with Gasteiger partial charge in [0.05, 0.1) is 55.8 Å². The van der Waals surface area contributed by atoms with Crippen LogP contribution in [0.25, 0.3) is 10.8 Å². The summed E-state index contributed by atoms with van der Waals surface area (Å²) in [6, 6.07) is 13.4. The molecule has 1 fully saturated rings. The molecule has 0 saturated carbocycles. The van der Waals surface area contributed by atoms with Crippen LogP contribution in [0.15, 0.2) is 141 Å².